The Hall–Kier alpha value is -0.600. The summed E-state index contributed by atoms with van der Waals surface area (Å²) in [7, 11) is 1.59. The Bertz CT molecular complexity index is 302. The highest BCUT2D eigenvalue weighted by Crippen LogP contribution is 2.35. The van der Waals surface area contributed by atoms with Crippen LogP contribution in [0.5, 0.6) is 5.75 Å². The van der Waals surface area contributed by atoms with Gasteiger partial charge in [-0.05, 0) is 13.0 Å². The summed E-state index contributed by atoms with van der Waals surface area (Å²) in [5.41, 5.74) is 0.788. The maximum Gasteiger partial charge on any atom is 0.144 e. The lowest BCUT2D eigenvalue weighted by Crippen LogP contribution is -2.00. The van der Waals surface area contributed by atoms with Gasteiger partial charge in [-0.2, -0.15) is 0 Å². The van der Waals surface area contributed by atoms with Crippen molar-refractivity contribution in [1.82, 2.24) is 0 Å². The number of nitrogens with one attached hydrogen (secondary N) is 1. The fourth-order valence-corrected chi connectivity index (χ4v) is 1.60. The van der Waals surface area contributed by atoms with Gasteiger partial charge in [-0.3, -0.25) is 0 Å². The van der Waals surface area contributed by atoms with Gasteiger partial charge in [-0.25, -0.2) is 0 Å². The van der Waals surface area contributed by atoms with E-state index in [9.17, 15) is 0 Å². The predicted molar refractivity (Wildman–Crippen MR) is 57.2 cm³/mol. The van der Waals surface area contributed by atoms with E-state index in [0.717, 1.165) is 12.2 Å². The number of halogens is 2. The first-order valence-electron chi connectivity index (χ1n) is 3.96. The molecule has 72 valence electrons. The van der Waals surface area contributed by atoms with Crippen molar-refractivity contribution in [2.45, 2.75) is 6.92 Å². The zero-order valence-electron chi connectivity index (χ0n) is 7.53. The Morgan fingerprint density at radius 1 is 1.38 bits per heavy atom. The molecule has 4 heteroatoms. The van der Waals surface area contributed by atoms with Crippen LogP contribution in [0.2, 0.25) is 10.0 Å². The Balaban J connectivity index is 3.13. The number of rotatable bonds is 3. The Kier molecular flexibility index (Phi) is 3.70. The van der Waals surface area contributed by atoms with Crippen LogP contribution in [0, 0.1) is 0 Å². The maximum atomic E-state index is 5.97. The third-order valence-corrected chi connectivity index (χ3v) is 2.11. The van der Waals surface area contributed by atoms with Crippen molar-refractivity contribution >= 4 is 28.9 Å². The van der Waals surface area contributed by atoms with Gasteiger partial charge in [0, 0.05) is 17.6 Å². The smallest absolute Gasteiger partial charge is 0.144 e. The van der Waals surface area contributed by atoms with E-state index in [4.69, 9.17) is 27.9 Å². The van der Waals surface area contributed by atoms with E-state index in [1.807, 2.05) is 6.92 Å². The van der Waals surface area contributed by atoms with Crippen LogP contribution in [0.3, 0.4) is 0 Å². The van der Waals surface area contributed by atoms with Crippen LogP contribution in [-0.4, -0.2) is 13.7 Å². The fraction of sp³-hybridized carbons (Fsp3) is 0.333. The molecular weight excluding hydrogens is 209 g/mol. The molecule has 0 atom stereocenters. The molecule has 0 heterocycles. The van der Waals surface area contributed by atoms with Gasteiger partial charge in [0.15, 0.2) is 0 Å². The van der Waals surface area contributed by atoms with E-state index in [2.05, 4.69) is 5.32 Å². The topological polar surface area (TPSA) is 21.3 Å². The molecule has 0 radical (unpaired) electrons. The molecule has 1 aromatic carbocycles. The summed E-state index contributed by atoms with van der Waals surface area (Å²) in [6.45, 7) is 2.78. The molecule has 1 aromatic rings. The summed E-state index contributed by atoms with van der Waals surface area (Å²) in [6.07, 6.45) is 0. The molecule has 1 rings (SSSR count). The first-order chi connectivity index (χ1) is 6.19. The molecule has 0 saturated heterocycles. The second kappa shape index (κ2) is 4.58. The van der Waals surface area contributed by atoms with Crippen LogP contribution in [-0.2, 0) is 0 Å². The second-order valence-electron chi connectivity index (χ2n) is 2.50. The highest BCUT2D eigenvalue weighted by Gasteiger charge is 2.08. The molecule has 0 bridgehead atoms. The lowest BCUT2D eigenvalue weighted by Gasteiger charge is -2.11. The van der Waals surface area contributed by atoms with E-state index in [-0.39, 0.29) is 0 Å². The van der Waals surface area contributed by atoms with Crippen molar-refractivity contribution in [2.24, 2.45) is 0 Å². The average Bonchev–Trinajstić information content (AvgIpc) is 2.09. The quantitative estimate of drug-likeness (QED) is 0.842. The Labute approximate surface area is 87.8 Å². The summed E-state index contributed by atoms with van der Waals surface area (Å²) in [5, 5.41) is 4.25. The molecule has 0 fully saturated rings. The minimum Gasteiger partial charge on any atom is -0.494 e. The molecular formula is C9H11Cl2NO. The van der Waals surface area contributed by atoms with Crippen LogP contribution in [0.4, 0.5) is 5.69 Å². The molecule has 13 heavy (non-hydrogen) atoms. The van der Waals surface area contributed by atoms with Gasteiger partial charge in [-0.1, -0.05) is 23.2 Å². The molecule has 0 saturated carbocycles. The molecule has 0 aliphatic heterocycles. The second-order valence-corrected chi connectivity index (χ2v) is 3.34. The molecule has 0 spiro atoms. The predicted octanol–water partition coefficient (Wildman–Crippen LogP) is 3.43. The van der Waals surface area contributed by atoms with Gasteiger partial charge in [-0.15, -0.1) is 0 Å². The van der Waals surface area contributed by atoms with Crippen LogP contribution in [0.15, 0.2) is 12.1 Å². The largest absolute Gasteiger partial charge is 0.494 e. The Morgan fingerprint density at radius 3 is 2.62 bits per heavy atom. The number of hydrogen-bond acceptors (Lipinski definition) is 2. The van der Waals surface area contributed by atoms with Crippen molar-refractivity contribution in [3.05, 3.63) is 22.2 Å². The summed E-state index contributed by atoms with van der Waals surface area (Å²) >= 11 is 11.8. The number of benzene rings is 1. The van der Waals surface area contributed by atoms with Crippen molar-refractivity contribution in [3.63, 3.8) is 0 Å². The first kappa shape index (κ1) is 10.5. The zero-order chi connectivity index (χ0) is 9.84. The van der Waals surface area contributed by atoms with Crippen molar-refractivity contribution in [2.75, 3.05) is 19.0 Å². The van der Waals surface area contributed by atoms with Crippen molar-refractivity contribution in [3.8, 4) is 5.75 Å². The Morgan fingerprint density at radius 2 is 2.08 bits per heavy atom. The van der Waals surface area contributed by atoms with E-state index in [0.29, 0.717) is 15.8 Å². The summed E-state index contributed by atoms with van der Waals surface area (Å²) in [6, 6.07) is 3.41. The number of ether oxygens (including phenoxy) is 1. The van der Waals surface area contributed by atoms with Crippen LogP contribution in [0.1, 0.15) is 6.92 Å². The summed E-state index contributed by atoms with van der Waals surface area (Å²) in [5.74, 6) is 0.666. The fourth-order valence-electron chi connectivity index (χ4n) is 1.06. The van der Waals surface area contributed by atoms with Gasteiger partial charge in [0.25, 0.3) is 0 Å². The summed E-state index contributed by atoms with van der Waals surface area (Å²) < 4.78 is 5.13. The first-order valence-corrected chi connectivity index (χ1v) is 4.71. The van der Waals surface area contributed by atoms with Gasteiger partial charge in [0.1, 0.15) is 5.75 Å². The van der Waals surface area contributed by atoms with E-state index < -0.39 is 0 Å². The van der Waals surface area contributed by atoms with Gasteiger partial charge >= 0.3 is 0 Å². The molecule has 2 nitrogen and oxygen atoms in total. The molecule has 1 N–H and O–H groups in total. The average molecular weight is 220 g/mol. The van der Waals surface area contributed by atoms with Crippen LogP contribution < -0.4 is 10.1 Å². The maximum absolute atomic E-state index is 5.97. The van der Waals surface area contributed by atoms with Crippen LogP contribution >= 0.6 is 23.2 Å². The monoisotopic (exact) mass is 219 g/mol. The van der Waals surface area contributed by atoms with Gasteiger partial charge in [0.2, 0.25) is 0 Å². The van der Waals surface area contributed by atoms with E-state index in [1.165, 1.54) is 0 Å². The standard InChI is InChI=1S/C9H11Cl2NO/c1-3-12-9-7(11)4-6(10)5-8(9)13-2/h4-5,12H,3H2,1-2H3. The van der Waals surface area contributed by atoms with Crippen molar-refractivity contribution < 1.29 is 4.74 Å². The molecule has 0 aliphatic carbocycles. The molecule has 0 amide bonds. The van der Waals surface area contributed by atoms with Gasteiger partial charge < -0.3 is 10.1 Å². The minimum absolute atomic E-state index is 0.573. The third-order valence-electron chi connectivity index (χ3n) is 1.59. The molecule has 0 aliphatic rings. The highest BCUT2D eigenvalue weighted by atomic mass is 35.5. The SMILES string of the molecule is CCNc1c(Cl)cc(Cl)cc1OC. The van der Waals surface area contributed by atoms with Gasteiger partial charge in [0.05, 0.1) is 17.8 Å². The van der Waals surface area contributed by atoms with Crippen molar-refractivity contribution in [1.29, 1.82) is 0 Å². The number of methoxy groups -OCH3 is 1. The summed E-state index contributed by atoms with van der Waals surface area (Å²) in [4.78, 5) is 0. The number of hydrogen-bond donors (Lipinski definition) is 1. The highest BCUT2D eigenvalue weighted by molar-refractivity contribution is 6.36. The van der Waals surface area contributed by atoms with Crippen LogP contribution in [0.25, 0.3) is 0 Å². The third kappa shape index (κ3) is 2.42. The zero-order valence-corrected chi connectivity index (χ0v) is 9.04. The van der Waals surface area contributed by atoms with E-state index in [1.54, 1.807) is 19.2 Å². The normalized spacial score (nSPS) is 9.85. The lowest BCUT2D eigenvalue weighted by molar-refractivity contribution is 0.416. The molecule has 0 aromatic heterocycles. The minimum atomic E-state index is 0.573. The number of anilines is 1. The lowest BCUT2D eigenvalue weighted by atomic mass is 10.3. The molecule has 0 unspecified atom stereocenters. The van der Waals surface area contributed by atoms with E-state index >= 15 is 0 Å².